The van der Waals surface area contributed by atoms with Crippen LogP contribution in [0.25, 0.3) is 22.3 Å². The van der Waals surface area contributed by atoms with Crippen molar-refractivity contribution in [1.82, 2.24) is 0 Å². The van der Waals surface area contributed by atoms with Crippen LogP contribution in [0.1, 0.15) is 13.8 Å². The summed E-state index contributed by atoms with van der Waals surface area (Å²) in [5.41, 5.74) is 2.17. The second-order valence-corrected chi connectivity index (χ2v) is 14.2. The predicted molar refractivity (Wildman–Crippen MR) is 162 cm³/mol. The monoisotopic (exact) mass is 656 g/mol. The minimum Gasteiger partial charge on any atom is -0.496 e. The largest absolute Gasteiger partial charge is 0.496 e. The molecule has 0 fully saturated rings. The quantitative estimate of drug-likeness (QED) is 0.189. The van der Waals surface area contributed by atoms with E-state index in [1.807, 2.05) is 13.8 Å². The Labute approximate surface area is 252 Å². The Bertz CT molecular complexity index is 1840. The van der Waals surface area contributed by atoms with Crippen molar-refractivity contribution in [3.8, 4) is 56.8 Å². The average Bonchev–Trinajstić information content (AvgIpc) is 2.86. The Balaban J connectivity index is 2.29. The molecule has 0 aliphatic heterocycles. The van der Waals surface area contributed by atoms with E-state index in [2.05, 4.69) is 0 Å². The molecule has 15 heteroatoms. The van der Waals surface area contributed by atoms with Crippen LogP contribution in [0, 0.1) is 0 Å². The fraction of sp³-hybridized carbons (Fsp3) is 0.286. The molecule has 3 rings (SSSR count). The molecule has 0 aliphatic carbocycles. The predicted octanol–water partition coefficient (Wildman–Crippen LogP) is 4.40. The van der Waals surface area contributed by atoms with E-state index in [1.165, 1.54) is 50.6 Å². The normalized spacial score (nSPS) is 11.8. The van der Waals surface area contributed by atoms with Crippen molar-refractivity contribution in [3.05, 3.63) is 60.2 Å². The van der Waals surface area contributed by atoms with E-state index in [4.69, 9.17) is 26.8 Å². The number of rotatable bonds is 13. The van der Waals surface area contributed by atoms with E-state index in [-0.39, 0.29) is 52.2 Å². The van der Waals surface area contributed by atoms with Crippen LogP contribution >= 0.6 is 0 Å². The molecule has 0 bridgehead atoms. The number of ether oxygens (including phenoxy) is 3. The van der Waals surface area contributed by atoms with Crippen molar-refractivity contribution >= 4 is 30.4 Å². The Morgan fingerprint density at radius 1 is 0.651 bits per heavy atom. The first-order chi connectivity index (χ1) is 19.9. The zero-order valence-corrected chi connectivity index (χ0v) is 27.0. The maximum absolute atomic E-state index is 12.4. The summed E-state index contributed by atoms with van der Waals surface area (Å²) in [4.78, 5) is 0. The Kier molecular flexibility index (Phi) is 10.3. The molecule has 0 radical (unpaired) electrons. The Hall–Kier alpha value is -3.95. The zero-order chi connectivity index (χ0) is 32.2. The number of hydrogen-bond acceptors (Lipinski definition) is 12. The minimum absolute atomic E-state index is 0.0267. The topological polar surface area (TPSA) is 158 Å². The van der Waals surface area contributed by atoms with Gasteiger partial charge in [-0.2, -0.15) is 25.3 Å². The van der Waals surface area contributed by atoms with Gasteiger partial charge in [0.25, 0.3) is 0 Å². The summed E-state index contributed by atoms with van der Waals surface area (Å²) in [5.74, 6) is -0.0327. The zero-order valence-electron chi connectivity index (χ0n) is 24.5. The highest BCUT2D eigenvalue weighted by atomic mass is 32.2. The van der Waals surface area contributed by atoms with Crippen molar-refractivity contribution in [1.29, 1.82) is 0 Å². The lowest BCUT2D eigenvalue weighted by molar-refractivity contribution is 0.347. The van der Waals surface area contributed by atoms with E-state index in [1.54, 1.807) is 18.2 Å². The first-order valence-electron chi connectivity index (χ1n) is 12.4. The van der Waals surface area contributed by atoms with Gasteiger partial charge < -0.3 is 26.8 Å². The molecule has 0 aliphatic rings. The van der Waals surface area contributed by atoms with E-state index in [9.17, 15) is 25.3 Å². The average molecular weight is 657 g/mol. The molecule has 0 spiro atoms. The molecule has 3 aromatic rings. The van der Waals surface area contributed by atoms with E-state index >= 15 is 0 Å². The highest BCUT2D eigenvalue weighted by molar-refractivity contribution is 7.86. The summed E-state index contributed by atoms with van der Waals surface area (Å²) in [6.07, 6.45) is 4.45. The Morgan fingerprint density at radius 3 is 1.74 bits per heavy atom. The van der Waals surface area contributed by atoms with Gasteiger partial charge in [0.2, 0.25) is 0 Å². The lowest BCUT2D eigenvalue weighted by Crippen LogP contribution is -2.10. The molecule has 234 valence electrons. The van der Waals surface area contributed by atoms with Crippen LogP contribution in [-0.2, 0) is 30.4 Å². The number of hydrogen-bond donors (Lipinski definition) is 0. The van der Waals surface area contributed by atoms with Gasteiger partial charge >= 0.3 is 30.4 Å². The second-order valence-electron chi connectivity index (χ2n) is 9.50. The molecule has 0 N–H and O–H groups in total. The molecule has 0 amide bonds. The van der Waals surface area contributed by atoms with Gasteiger partial charge in [0.15, 0.2) is 23.0 Å². The van der Waals surface area contributed by atoms with Gasteiger partial charge in [-0.15, -0.1) is 0 Å². The van der Waals surface area contributed by atoms with Crippen LogP contribution in [0.4, 0.5) is 0 Å². The highest BCUT2D eigenvalue weighted by Gasteiger charge is 2.27. The van der Waals surface area contributed by atoms with Crippen molar-refractivity contribution in [3.63, 3.8) is 0 Å². The van der Waals surface area contributed by atoms with Crippen LogP contribution < -0.4 is 26.8 Å². The summed E-state index contributed by atoms with van der Waals surface area (Å²) in [7, 11) is -9.20. The van der Waals surface area contributed by atoms with Crippen molar-refractivity contribution in [2.45, 2.75) is 13.8 Å². The van der Waals surface area contributed by atoms with Gasteiger partial charge in [-0.3, -0.25) is 0 Å². The second kappa shape index (κ2) is 13.1. The first-order valence-corrected chi connectivity index (χ1v) is 17.8. The molecule has 3 aromatic carbocycles. The minimum atomic E-state index is -4.12. The lowest BCUT2D eigenvalue weighted by atomic mass is 9.96. The lowest BCUT2D eigenvalue weighted by Gasteiger charge is -2.21. The van der Waals surface area contributed by atoms with E-state index in [0.29, 0.717) is 11.1 Å². The van der Waals surface area contributed by atoms with Gasteiger partial charge in [0, 0.05) is 5.56 Å². The Morgan fingerprint density at radius 2 is 1.23 bits per heavy atom. The molecular weight excluding hydrogens is 624 g/mol. The molecule has 12 nitrogen and oxygen atoms in total. The standard InChI is InChI=1S/C28H32O12S3/c1-18(2)14-15-37-23-13-10-20(16-24(23)39-42(6,31)32)22-17-25(35-3)26(28(27(22)36-4)40-43(7,33)34)19-8-11-21(12-9-19)38-41(5,29)30/h8-14,16-17H,15H2,1-7H3. The molecule has 0 heterocycles. The molecular formula is C28H32O12S3. The fourth-order valence-corrected chi connectivity index (χ4v) is 5.25. The molecule has 0 saturated heterocycles. The summed E-state index contributed by atoms with van der Waals surface area (Å²) in [6.45, 7) is 3.93. The van der Waals surface area contributed by atoms with Crippen LogP contribution in [-0.4, -0.2) is 64.8 Å². The van der Waals surface area contributed by atoms with Crippen molar-refractivity contribution in [2.75, 3.05) is 39.6 Å². The van der Waals surface area contributed by atoms with Gasteiger partial charge in [-0.25, -0.2) is 0 Å². The number of methoxy groups -OCH3 is 2. The smallest absolute Gasteiger partial charge is 0.306 e. The van der Waals surface area contributed by atoms with Gasteiger partial charge in [-0.05, 0) is 61.4 Å². The fourth-order valence-electron chi connectivity index (χ4n) is 3.87. The summed E-state index contributed by atoms with van der Waals surface area (Å²) in [5, 5.41) is 0. The molecule has 0 saturated carbocycles. The number of allylic oxidation sites excluding steroid dienone is 1. The third kappa shape index (κ3) is 9.53. The number of benzene rings is 3. The molecule has 0 unspecified atom stereocenters. The van der Waals surface area contributed by atoms with Gasteiger partial charge in [-0.1, -0.05) is 23.8 Å². The summed E-state index contributed by atoms with van der Waals surface area (Å²) < 4.78 is 104. The van der Waals surface area contributed by atoms with Crippen LogP contribution in [0.2, 0.25) is 0 Å². The van der Waals surface area contributed by atoms with Crippen LogP contribution in [0.3, 0.4) is 0 Å². The maximum Gasteiger partial charge on any atom is 0.306 e. The third-order valence-corrected chi connectivity index (χ3v) is 6.92. The SMILES string of the molecule is COc1cc(-c2ccc(OCC=C(C)C)c(OS(C)(=O)=O)c2)c(OC)c(OS(C)(=O)=O)c1-c1ccc(OS(C)(=O)=O)cc1. The molecule has 0 atom stereocenters. The summed E-state index contributed by atoms with van der Waals surface area (Å²) in [6, 6.07) is 11.8. The molecule has 0 aromatic heterocycles. The van der Waals surface area contributed by atoms with Crippen molar-refractivity contribution < 1.29 is 52.0 Å². The molecule has 43 heavy (non-hydrogen) atoms. The first kappa shape index (κ1) is 33.6. The van der Waals surface area contributed by atoms with Crippen LogP contribution in [0.15, 0.2) is 60.2 Å². The van der Waals surface area contributed by atoms with E-state index in [0.717, 1.165) is 24.3 Å². The van der Waals surface area contributed by atoms with Gasteiger partial charge in [0.1, 0.15) is 18.1 Å². The van der Waals surface area contributed by atoms with Crippen molar-refractivity contribution in [2.24, 2.45) is 0 Å². The van der Waals surface area contributed by atoms with Gasteiger partial charge in [0.05, 0.1) is 38.6 Å². The summed E-state index contributed by atoms with van der Waals surface area (Å²) >= 11 is 0. The van der Waals surface area contributed by atoms with Crippen LogP contribution in [0.5, 0.6) is 34.5 Å². The highest BCUT2D eigenvalue weighted by Crippen LogP contribution is 2.51. The van der Waals surface area contributed by atoms with E-state index < -0.39 is 30.4 Å². The maximum atomic E-state index is 12.4. The third-order valence-electron chi connectivity index (χ3n) is 5.48.